The van der Waals surface area contributed by atoms with Crippen LogP contribution in [0.4, 0.5) is 0 Å². The van der Waals surface area contributed by atoms with Gasteiger partial charge >= 0.3 is 23.9 Å². The molecule has 1 N–H and O–H groups in total. The Hall–Kier alpha value is -3.18. The van der Waals surface area contributed by atoms with E-state index in [0.717, 1.165) is 33.3 Å². The Bertz CT molecular complexity index is 1130. The molecule has 0 spiro atoms. The van der Waals surface area contributed by atoms with Crippen LogP contribution in [0.15, 0.2) is 30.3 Å². The van der Waals surface area contributed by atoms with Crippen LogP contribution in [0.25, 0.3) is 0 Å². The zero-order valence-electron chi connectivity index (χ0n) is 24.3. The highest BCUT2D eigenvalue weighted by atomic mass is 16.8. The molecular weight excluding hydrogens is 576 g/mol. The van der Waals surface area contributed by atoms with E-state index in [9.17, 15) is 24.3 Å². The lowest BCUT2D eigenvalue weighted by atomic mass is 9.96. The number of rotatable bonds is 9. The van der Waals surface area contributed by atoms with Crippen LogP contribution in [0.5, 0.6) is 0 Å². The Morgan fingerprint density at radius 3 is 2.02 bits per heavy atom. The molecule has 0 bridgehead atoms. The fourth-order valence-corrected chi connectivity index (χ4v) is 5.13. The molecule has 11 atom stereocenters. The van der Waals surface area contributed by atoms with Crippen LogP contribution in [-0.2, 0) is 66.5 Å². The first-order valence-corrected chi connectivity index (χ1v) is 13.6. The van der Waals surface area contributed by atoms with Crippen molar-refractivity contribution in [2.75, 3.05) is 20.3 Å². The van der Waals surface area contributed by atoms with Crippen molar-refractivity contribution in [2.24, 2.45) is 0 Å². The number of esters is 4. The second-order valence-corrected chi connectivity index (χ2v) is 10.1. The smallest absolute Gasteiger partial charge is 0.303 e. The van der Waals surface area contributed by atoms with Crippen LogP contribution >= 0.6 is 0 Å². The summed E-state index contributed by atoms with van der Waals surface area (Å²) in [6, 6.07) is 9.10. The standard InChI is InChI=1S/C28H36O15/c1-13(29)35-11-19-22(37-14(2)30)24(38-15(3)31)25(39-16(4)32)28(41-19)43-23-20(33)21-18(40-27(23)34-5)12-36-26(42-21)17-9-7-6-8-10-17/h6-10,18-28,33H,11-12H2,1-5H3/t18-,19-,20+,21-,22-,23+,24+,25+,26?,27+,28-/m1/s1. The van der Waals surface area contributed by atoms with Gasteiger partial charge in [-0.1, -0.05) is 30.3 Å². The summed E-state index contributed by atoms with van der Waals surface area (Å²) in [5.74, 6) is -3.04. The van der Waals surface area contributed by atoms with Crippen molar-refractivity contribution in [3.8, 4) is 0 Å². The molecule has 15 nitrogen and oxygen atoms in total. The number of aliphatic hydroxyl groups is 1. The van der Waals surface area contributed by atoms with Gasteiger partial charge in [-0.2, -0.15) is 0 Å². The largest absolute Gasteiger partial charge is 0.463 e. The number of hydrogen-bond donors (Lipinski definition) is 1. The molecule has 1 unspecified atom stereocenters. The minimum atomic E-state index is -1.57. The topological polar surface area (TPSA) is 181 Å². The summed E-state index contributed by atoms with van der Waals surface area (Å²) in [5.41, 5.74) is 0.721. The molecule has 0 radical (unpaired) electrons. The van der Waals surface area contributed by atoms with Gasteiger partial charge in [0.1, 0.15) is 37.1 Å². The summed E-state index contributed by atoms with van der Waals surface area (Å²) in [4.78, 5) is 47.9. The van der Waals surface area contributed by atoms with E-state index < -0.39 is 98.2 Å². The predicted octanol–water partition coefficient (Wildman–Crippen LogP) is 0.301. The fraction of sp³-hybridized carbons (Fsp3) is 0.643. The zero-order valence-corrected chi connectivity index (χ0v) is 24.3. The van der Waals surface area contributed by atoms with Crippen molar-refractivity contribution in [3.63, 3.8) is 0 Å². The monoisotopic (exact) mass is 612 g/mol. The van der Waals surface area contributed by atoms with Crippen molar-refractivity contribution in [1.82, 2.24) is 0 Å². The van der Waals surface area contributed by atoms with E-state index in [2.05, 4.69) is 0 Å². The number of hydrogen-bond acceptors (Lipinski definition) is 15. The molecule has 0 amide bonds. The summed E-state index contributed by atoms with van der Waals surface area (Å²) in [5, 5.41) is 11.5. The summed E-state index contributed by atoms with van der Waals surface area (Å²) < 4.78 is 56.9. The number of methoxy groups -OCH3 is 1. The molecule has 0 aromatic heterocycles. The van der Waals surface area contributed by atoms with Gasteiger partial charge in [0, 0.05) is 40.4 Å². The number of carbonyl (C=O) groups excluding carboxylic acids is 4. The van der Waals surface area contributed by atoms with Gasteiger partial charge in [-0.05, 0) is 0 Å². The number of ether oxygens (including phenoxy) is 10. The van der Waals surface area contributed by atoms with E-state index in [1.54, 1.807) is 0 Å². The number of aliphatic hydroxyl groups excluding tert-OH is 1. The molecule has 0 aliphatic carbocycles. The van der Waals surface area contributed by atoms with Crippen molar-refractivity contribution < 1.29 is 71.7 Å². The number of benzene rings is 1. The van der Waals surface area contributed by atoms with Crippen LogP contribution < -0.4 is 0 Å². The molecule has 3 heterocycles. The van der Waals surface area contributed by atoms with Crippen LogP contribution in [0.2, 0.25) is 0 Å². The van der Waals surface area contributed by atoms with Crippen molar-refractivity contribution in [3.05, 3.63) is 35.9 Å². The lowest BCUT2D eigenvalue weighted by Crippen LogP contribution is -2.67. The maximum atomic E-state index is 12.2. The lowest BCUT2D eigenvalue weighted by molar-refractivity contribution is -0.391. The fourth-order valence-electron chi connectivity index (χ4n) is 5.13. The highest BCUT2D eigenvalue weighted by molar-refractivity contribution is 5.68. The van der Waals surface area contributed by atoms with Gasteiger partial charge in [-0.3, -0.25) is 19.2 Å². The van der Waals surface area contributed by atoms with Crippen molar-refractivity contribution in [2.45, 2.75) is 95.4 Å². The Morgan fingerprint density at radius 1 is 0.791 bits per heavy atom. The second kappa shape index (κ2) is 14.5. The molecule has 1 aromatic rings. The van der Waals surface area contributed by atoms with Crippen molar-refractivity contribution in [1.29, 1.82) is 0 Å². The van der Waals surface area contributed by atoms with E-state index in [1.807, 2.05) is 30.3 Å². The summed E-state index contributed by atoms with van der Waals surface area (Å²) in [6.07, 6.45) is -13.5. The summed E-state index contributed by atoms with van der Waals surface area (Å²) >= 11 is 0. The van der Waals surface area contributed by atoms with E-state index in [-0.39, 0.29) is 6.61 Å². The molecule has 3 aliphatic heterocycles. The number of carbonyl (C=O) groups is 4. The van der Waals surface area contributed by atoms with Crippen LogP contribution in [0, 0.1) is 0 Å². The highest BCUT2D eigenvalue weighted by Gasteiger charge is 2.56. The van der Waals surface area contributed by atoms with Crippen LogP contribution in [0.1, 0.15) is 39.5 Å². The Kier molecular flexibility index (Phi) is 11.1. The van der Waals surface area contributed by atoms with Gasteiger partial charge in [-0.25, -0.2) is 0 Å². The normalized spacial score (nSPS) is 35.6. The first-order chi connectivity index (χ1) is 20.5. The van der Waals surface area contributed by atoms with Gasteiger partial charge in [0.15, 0.2) is 37.2 Å². The molecule has 4 rings (SSSR count). The third-order valence-corrected chi connectivity index (χ3v) is 6.85. The van der Waals surface area contributed by atoms with Crippen molar-refractivity contribution >= 4 is 23.9 Å². The van der Waals surface area contributed by atoms with Gasteiger partial charge in [0.25, 0.3) is 0 Å². The Balaban J connectivity index is 1.64. The second-order valence-electron chi connectivity index (χ2n) is 10.1. The van der Waals surface area contributed by atoms with E-state index in [0.29, 0.717) is 0 Å². The molecule has 3 fully saturated rings. The Morgan fingerprint density at radius 2 is 1.42 bits per heavy atom. The quantitative estimate of drug-likeness (QED) is 0.297. The molecule has 238 valence electrons. The first kappa shape index (κ1) is 32.7. The summed E-state index contributed by atoms with van der Waals surface area (Å²) in [6.45, 7) is 4.12. The third-order valence-electron chi connectivity index (χ3n) is 6.85. The Labute approximate surface area is 247 Å². The molecule has 0 saturated carbocycles. The summed E-state index contributed by atoms with van der Waals surface area (Å²) in [7, 11) is 1.33. The zero-order chi connectivity index (χ0) is 31.3. The van der Waals surface area contributed by atoms with E-state index in [4.69, 9.17) is 47.4 Å². The minimum Gasteiger partial charge on any atom is -0.463 e. The predicted molar refractivity (Wildman–Crippen MR) is 139 cm³/mol. The average molecular weight is 613 g/mol. The molecule has 3 saturated heterocycles. The SMILES string of the molecule is CO[C@H]1O[C@@H]2COC(c3ccccc3)O[C@H]2[C@H](O)[C@@H]1O[C@H]1O[C@H](COC(C)=O)[C@@H](OC(C)=O)[C@H](OC(C)=O)[C@@H]1OC(C)=O. The van der Waals surface area contributed by atoms with Gasteiger partial charge < -0.3 is 52.5 Å². The average Bonchev–Trinajstić information content (AvgIpc) is 2.95. The third kappa shape index (κ3) is 8.06. The molecule has 1 aromatic carbocycles. The molecule has 43 heavy (non-hydrogen) atoms. The molecular formula is C28H36O15. The van der Waals surface area contributed by atoms with Gasteiger partial charge in [0.2, 0.25) is 0 Å². The van der Waals surface area contributed by atoms with E-state index >= 15 is 0 Å². The van der Waals surface area contributed by atoms with E-state index in [1.165, 1.54) is 7.11 Å². The molecule has 3 aliphatic rings. The van der Waals surface area contributed by atoms with Gasteiger partial charge in [0.05, 0.1) is 6.61 Å². The minimum absolute atomic E-state index is 0.0763. The van der Waals surface area contributed by atoms with Crippen LogP contribution in [-0.4, -0.2) is 111 Å². The first-order valence-electron chi connectivity index (χ1n) is 13.6. The molecule has 15 heteroatoms. The maximum absolute atomic E-state index is 12.2. The lowest BCUT2D eigenvalue weighted by Gasteiger charge is -2.49. The van der Waals surface area contributed by atoms with Gasteiger partial charge in [-0.15, -0.1) is 0 Å². The van der Waals surface area contributed by atoms with Crippen LogP contribution in [0.3, 0.4) is 0 Å². The number of fused-ring (bicyclic) bond motifs is 1. The maximum Gasteiger partial charge on any atom is 0.303 e. The highest BCUT2D eigenvalue weighted by Crippen LogP contribution is 2.37.